The maximum Gasteiger partial charge on any atom is 0.255 e. The second kappa shape index (κ2) is 6.83. The van der Waals surface area contributed by atoms with E-state index < -0.39 is 0 Å². The van der Waals surface area contributed by atoms with E-state index in [1.165, 1.54) is 6.33 Å². The Bertz CT molecular complexity index is 596. The first-order valence-electron chi connectivity index (χ1n) is 6.98. The molecule has 2 aromatic heterocycles. The van der Waals surface area contributed by atoms with Gasteiger partial charge in [0.25, 0.3) is 5.91 Å². The molecule has 1 amide bonds. The molecular weight excluding hydrogens is 268 g/mol. The summed E-state index contributed by atoms with van der Waals surface area (Å²) in [4.78, 5) is 20.6. The summed E-state index contributed by atoms with van der Waals surface area (Å²) < 4.78 is 0. The molecule has 0 saturated heterocycles. The number of carbonyl (C=O) groups is 1. The first-order valence-corrected chi connectivity index (χ1v) is 6.98. The van der Waals surface area contributed by atoms with E-state index in [0.717, 1.165) is 24.3 Å². The van der Waals surface area contributed by atoms with Crippen LogP contribution < -0.4 is 10.6 Å². The van der Waals surface area contributed by atoms with Gasteiger partial charge in [-0.3, -0.25) is 14.9 Å². The minimum Gasteiger partial charge on any atom is -0.384 e. The van der Waals surface area contributed by atoms with Crippen molar-refractivity contribution < 1.29 is 4.79 Å². The molecule has 0 radical (unpaired) electrons. The van der Waals surface area contributed by atoms with Gasteiger partial charge in [-0.2, -0.15) is 5.10 Å². The Morgan fingerprint density at radius 3 is 2.90 bits per heavy atom. The van der Waals surface area contributed by atoms with Crippen LogP contribution in [0.1, 0.15) is 48.2 Å². The number of H-pyrrole nitrogens is 1. The van der Waals surface area contributed by atoms with Gasteiger partial charge >= 0.3 is 0 Å². The molecule has 2 aromatic rings. The lowest BCUT2D eigenvalue weighted by molar-refractivity contribution is 0.0939. The van der Waals surface area contributed by atoms with Crippen molar-refractivity contribution in [3.63, 3.8) is 0 Å². The number of rotatable bonds is 6. The van der Waals surface area contributed by atoms with Gasteiger partial charge in [-0.05, 0) is 26.3 Å². The van der Waals surface area contributed by atoms with E-state index in [2.05, 4.69) is 37.7 Å². The summed E-state index contributed by atoms with van der Waals surface area (Å²) in [6.45, 7) is 6.63. The van der Waals surface area contributed by atoms with Crippen LogP contribution in [0.3, 0.4) is 0 Å². The zero-order valence-corrected chi connectivity index (χ0v) is 12.5. The maximum atomic E-state index is 12.4. The van der Waals surface area contributed by atoms with Crippen molar-refractivity contribution in [1.82, 2.24) is 25.5 Å². The maximum absolute atomic E-state index is 12.4. The topological polar surface area (TPSA) is 95.6 Å². The van der Waals surface area contributed by atoms with Crippen molar-refractivity contribution in [1.29, 1.82) is 0 Å². The van der Waals surface area contributed by atoms with E-state index in [1.54, 1.807) is 6.20 Å². The van der Waals surface area contributed by atoms with Crippen LogP contribution in [-0.4, -0.2) is 32.6 Å². The van der Waals surface area contributed by atoms with E-state index in [-0.39, 0.29) is 11.9 Å². The summed E-state index contributed by atoms with van der Waals surface area (Å²) in [7, 11) is 0. The molecule has 0 aliphatic heterocycles. The fourth-order valence-corrected chi connectivity index (χ4v) is 1.91. The lowest BCUT2D eigenvalue weighted by atomic mass is 10.1. The predicted molar refractivity (Wildman–Crippen MR) is 80.0 cm³/mol. The van der Waals surface area contributed by atoms with Crippen molar-refractivity contribution in [3.05, 3.63) is 35.7 Å². The molecule has 7 nitrogen and oxygen atoms in total. The molecule has 0 aliphatic rings. The third-order valence-corrected chi connectivity index (χ3v) is 3.04. The molecule has 21 heavy (non-hydrogen) atoms. The van der Waals surface area contributed by atoms with E-state index in [1.807, 2.05) is 19.9 Å². The van der Waals surface area contributed by atoms with Gasteiger partial charge in [0.1, 0.15) is 12.2 Å². The van der Waals surface area contributed by atoms with Gasteiger partial charge in [-0.25, -0.2) is 4.98 Å². The quantitative estimate of drug-likeness (QED) is 0.753. The van der Waals surface area contributed by atoms with Crippen LogP contribution in [0.15, 0.2) is 18.6 Å². The molecule has 0 spiro atoms. The van der Waals surface area contributed by atoms with Crippen molar-refractivity contribution in [2.75, 3.05) is 11.9 Å². The van der Waals surface area contributed by atoms with Crippen molar-refractivity contribution >= 4 is 11.6 Å². The lowest BCUT2D eigenvalue weighted by Crippen LogP contribution is -2.28. The number of aromatic amines is 1. The number of aromatic nitrogens is 4. The molecule has 2 rings (SSSR count). The number of hydrogen-bond donors (Lipinski definition) is 3. The molecule has 3 N–H and O–H groups in total. The number of nitrogens with one attached hydrogen (secondary N) is 3. The van der Waals surface area contributed by atoms with Gasteiger partial charge in [-0.1, -0.05) is 6.92 Å². The summed E-state index contributed by atoms with van der Waals surface area (Å²) in [5, 5.41) is 12.7. The van der Waals surface area contributed by atoms with Gasteiger partial charge in [0.15, 0.2) is 0 Å². The predicted octanol–water partition coefficient (Wildman–Crippen LogP) is 1.82. The Kier molecular flexibility index (Phi) is 4.86. The molecule has 7 heteroatoms. The highest BCUT2D eigenvalue weighted by atomic mass is 16.1. The summed E-state index contributed by atoms with van der Waals surface area (Å²) in [6, 6.07) is 1.63. The van der Waals surface area contributed by atoms with E-state index in [4.69, 9.17) is 0 Å². The van der Waals surface area contributed by atoms with Crippen LogP contribution in [0.25, 0.3) is 0 Å². The number of anilines is 1. The van der Waals surface area contributed by atoms with E-state index in [0.29, 0.717) is 11.4 Å². The van der Waals surface area contributed by atoms with E-state index in [9.17, 15) is 4.79 Å². The number of aryl methyl sites for hydroxylation is 1. The molecule has 0 aromatic carbocycles. The van der Waals surface area contributed by atoms with Crippen molar-refractivity contribution in [2.45, 2.75) is 33.2 Å². The van der Waals surface area contributed by atoms with Crippen LogP contribution in [-0.2, 0) is 0 Å². The Balaban J connectivity index is 2.14. The van der Waals surface area contributed by atoms with Crippen LogP contribution in [0, 0.1) is 6.92 Å². The fraction of sp³-hybridized carbons (Fsp3) is 0.429. The van der Waals surface area contributed by atoms with Gasteiger partial charge < -0.3 is 10.6 Å². The van der Waals surface area contributed by atoms with Crippen LogP contribution in [0.2, 0.25) is 0 Å². The number of hydrogen-bond acceptors (Lipinski definition) is 5. The molecule has 1 unspecified atom stereocenters. The Labute approximate surface area is 123 Å². The number of carbonyl (C=O) groups excluding carboxylic acids is 1. The molecule has 2 heterocycles. The molecular formula is C14H20N6O. The van der Waals surface area contributed by atoms with Crippen LogP contribution >= 0.6 is 0 Å². The zero-order valence-electron chi connectivity index (χ0n) is 12.5. The molecule has 1 atom stereocenters. The third-order valence-electron chi connectivity index (χ3n) is 3.04. The summed E-state index contributed by atoms with van der Waals surface area (Å²) in [6.07, 6.45) is 3.99. The first-order chi connectivity index (χ1) is 10.1. The largest absolute Gasteiger partial charge is 0.384 e. The van der Waals surface area contributed by atoms with Crippen molar-refractivity contribution in [2.24, 2.45) is 0 Å². The van der Waals surface area contributed by atoms with Crippen LogP contribution in [0.5, 0.6) is 0 Å². The molecule has 0 bridgehead atoms. The summed E-state index contributed by atoms with van der Waals surface area (Å²) in [5.74, 6) is 0.427. The Hall–Kier alpha value is -2.44. The first kappa shape index (κ1) is 15.0. The number of pyridine rings is 1. The minimum absolute atomic E-state index is 0.190. The molecule has 0 fully saturated rings. The second-order valence-corrected chi connectivity index (χ2v) is 4.86. The zero-order chi connectivity index (χ0) is 15.2. The molecule has 0 aliphatic carbocycles. The van der Waals surface area contributed by atoms with Gasteiger partial charge in [0, 0.05) is 18.4 Å². The van der Waals surface area contributed by atoms with Crippen molar-refractivity contribution in [3.8, 4) is 0 Å². The second-order valence-electron chi connectivity index (χ2n) is 4.86. The standard InChI is InChI=1S/C14H20N6O/c1-4-5-15-12-6-9(2)16-7-11(12)14(21)19-10(3)13-17-8-18-20-13/h6-8,10H,4-5H2,1-3H3,(H,15,16)(H,19,21)(H,17,18,20). The third kappa shape index (κ3) is 3.77. The Morgan fingerprint density at radius 1 is 1.43 bits per heavy atom. The van der Waals surface area contributed by atoms with Gasteiger partial charge in [0.2, 0.25) is 0 Å². The van der Waals surface area contributed by atoms with Crippen LogP contribution in [0.4, 0.5) is 5.69 Å². The average Bonchev–Trinajstić information content (AvgIpc) is 2.99. The number of amides is 1. The molecule has 112 valence electrons. The average molecular weight is 288 g/mol. The van der Waals surface area contributed by atoms with Gasteiger partial charge in [-0.15, -0.1) is 0 Å². The summed E-state index contributed by atoms with van der Waals surface area (Å²) >= 11 is 0. The highest BCUT2D eigenvalue weighted by Gasteiger charge is 2.16. The SMILES string of the molecule is CCCNc1cc(C)ncc1C(=O)NC(C)c1ncn[nH]1. The highest BCUT2D eigenvalue weighted by Crippen LogP contribution is 2.17. The Morgan fingerprint density at radius 2 is 2.24 bits per heavy atom. The monoisotopic (exact) mass is 288 g/mol. The highest BCUT2D eigenvalue weighted by molar-refractivity contribution is 5.99. The normalized spacial score (nSPS) is 12.0. The smallest absolute Gasteiger partial charge is 0.255 e. The minimum atomic E-state index is -0.250. The van der Waals surface area contributed by atoms with E-state index >= 15 is 0 Å². The fourth-order valence-electron chi connectivity index (χ4n) is 1.91. The lowest BCUT2D eigenvalue weighted by Gasteiger charge is -2.15. The molecule has 0 saturated carbocycles. The number of nitrogens with zero attached hydrogens (tertiary/aromatic N) is 3. The summed E-state index contributed by atoms with van der Waals surface area (Å²) in [5.41, 5.74) is 2.19. The van der Waals surface area contributed by atoms with Gasteiger partial charge in [0.05, 0.1) is 17.3 Å².